The van der Waals surface area contributed by atoms with Gasteiger partial charge in [0.05, 0.1) is 18.7 Å². The summed E-state index contributed by atoms with van der Waals surface area (Å²) in [6.45, 7) is 2.28. The third-order valence-electron chi connectivity index (χ3n) is 3.21. The summed E-state index contributed by atoms with van der Waals surface area (Å²) in [5.74, 6) is 1.46. The first-order valence-corrected chi connectivity index (χ1v) is 6.69. The molecule has 2 rings (SSSR count). The summed E-state index contributed by atoms with van der Waals surface area (Å²) in [6, 6.07) is 15.1. The zero-order valence-corrected chi connectivity index (χ0v) is 12.2. The fourth-order valence-electron chi connectivity index (χ4n) is 1.99. The lowest BCUT2D eigenvalue weighted by Crippen LogP contribution is -2.04. The molecular formula is C17H18N2O2. The monoisotopic (exact) mass is 282 g/mol. The molecule has 0 radical (unpaired) electrons. The highest BCUT2D eigenvalue weighted by Crippen LogP contribution is 2.23. The lowest BCUT2D eigenvalue weighted by atomic mass is 10.1. The van der Waals surface area contributed by atoms with Crippen molar-refractivity contribution in [2.24, 2.45) is 5.73 Å². The van der Waals surface area contributed by atoms with E-state index in [9.17, 15) is 0 Å². The molecule has 0 aliphatic carbocycles. The number of hydrogen-bond donors (Lipinski definition) is 1. The van der Waals surface area contributed by atoms with Crippen LogP contribution in [0.5, 0.6) is 11.5 Å². The molecule has 0 bridgehead atoms. The molecule has 108 valence electrons. The average Bonchev–Trinajstić information content (AvgIpc) is 2.52. The summed E-state index contributed by atoms with van der Waals surface area (Å²) in [5.41, 5.74) is 8.30. The Hall–Kier alpha value is -2.51. The van der Waals surface area contributed by atoms with E-state index >= 15 is 0 Å². The lowest BCUT2D eigenvalue weighted by molar-refractivity contribution is 0.296. The van der Waals surface area contributed by atoms with E-state index in [0.29, 0.717) is 17.9 Å². The molecule has 2 aromatic rings. The van der Waals surface area contributed by atoms with Crippen LogP contribution in [0.3, 0.4) is 0 Å². The Morgan fingerprint density at radius 3 is 2.48 bits per heavy atom. The predicted octanol–water partition coefficient (Wildman–Crippen LogP) is 3.17. The third kappa shape index (κ3) is 3.74. The molecule has 0 unspecified atom stereocenters. The minimum absolute atomic E-state index is 0.00598. The number of methoxy groups -OCH3 is 1. The Kier molecular flexibility index (Phi) is 4.81. The number of nitrogens with zero attached hydrogens (tertiary/aromatic N) is 1. The first kappa shape index (κ1) is 14.9. The van der Waals surface area contributed by atoms with Crippen LogP contribution in [0.25, 0.3) is 0 Å². The van der Waals surface area contributed by atoms with Gasteiger partial charge < -0.3 is 15.2 Å². The zero-order valence-electron chi connectivity index (χ0n) is 12.2. The maximum absolute atomic E-state index is 8.95. The maximum Gasteiger partial charge on any atom is 0.125 e. The SMILES string of the molecule is COc1ccc(C#N)cc1COc1ccc([C@H](C)N)cc1. The highest BCUT2D eigenvalue weighted by molar-refractivity contribution is 5.42. The number of nitrogens with two attached hydrogens (primary N) is 1. The highest BCUT2D eigenvalue weighted by Gasteiger charge is 2.06. The fraction of sp³-hybridized carbons (Fsp3) is 0.235. The van der Waals surface area contributed by atoms with E-state index in [1.54, 1.807) is 25.3 Å². The fourth-order valence-corrected chi connectivity index (χ4v) is 1.99. The molecule has 2 N–H and O–H groups in total. The molecule has 0 amide bonds. The van der Waals surface area contributed by atoms with E-state index in [4.69, 9.17) is 20.5 Å². The molecule has 0 fully saturated rings. The van der Waals surface area contributed by atoms with Crippen LogP contribution in [0, 0.1) is 11.3 Å². The largest absolute Gasteiger partial charge is 0.496 e. The second kappa shape index (κ2) is 6.78. The van der Waals surface area contributed by atoms with Crippen LogP contribution in [-0.2, 0) is 6.61 Å². The molecule has 0 aliphatic heterocycles. The molecular weight excluding hydrogens is 264 g/mol. The molecule has 0 heterocycles. The summed E-state index contributed by atoms with van der Waals surface area (Å²) < 4.78 is 11.0. The Balaban J connectivity index is 2.10. The van der Waals surface area contributed by atoms with E-state index in [-0.39, 0.29) is 6.04 Å². The Bertz CT molecular complexity index is 643. The van der Waals surface area contributed by atoms with Crippen molar-refractivity contribution in [3.8, 4) is 17.6 Å². The molecule has 0 aromatic heterocycles. The van der Waals surface area contributed by atoms with Gasteiger partial charge in [-0.05, 0) is 42.8 Å². The molecule has 21 heavy (non-hydrogen) atoms. The minimum Gasteiger partial charge on any atom is -0.496 e. The molecule has 4 heteroatoms. The number of hydrogen-bond acceptors (Lipinski definition) is 4. The van der Waals surface area contributed by atoms with E-state index in [0.717, 1.165) is 16.9 Å². The van der Waals surface area contributed by atoms with Gasteiger partial charge in [-0.3, -0.25) is 0 Å². The first-order chi connectivity index (χ1) is 10.1. The minimum atomic E-state index is 0.00598. The number of ether oxygens (including phenoxy) is 2. The normalized spacial score (nSPS) is 11.5. The molecule has 1 atom stereocenters. The van der Waals surface area contributed by atoms with Gasteiger partial charge in [0.2, 0.25) is 0 Å². The van der Waals surface area contributed by atoms with Crippen LogP contribution < -0.4 is 15.2 Å². The Morgan fingerprint density at radius 1 is 1.19 bits per heavy atom. The molecule has 0 spiro atoms. The van der Waals surface area contributed by atoms with Crippen molar-refractivity contribution in [3.63, 3.8) is 0 Å². The Morgan fingerprint density at radius 2 is 1.90 bits per heavy atom. The maximum atomic E-state index is 8.95. The van der Waals surface area contributed by atoms with Crippen LogP contribution >= 0.6 is 0 Å². The quantitative estimate of drug-likeness (QED) is 0.914. The van der Waals surface area contributed by atoms with Gasteiger partial charge in [-0.2, -0.15) is 5.26 Å². The van der Waals surface area contributed by atoms with Crippen molar-refractivity contribution < 1.29 is 9.47 Å². The molecule has 0 saturated heterocycles. The van der Waals surface area contributed by atoms with Gasteiger partial charge in [0.15, 0.2) is 0 Å². The summed E-state index contributed by atoms with van der Waals surface area (Å²) in [4.78, 5) is 0. The van der Waals surface area contributed by atoms with Gasteiger partial charge in [-0.1, -0.05) is 12.1 Å². The summed E-state index contributed by atoms with van der Waals surface area (Å²) >= 11 is 0. The van der Waals surface area contributed by atoms with Gasteiger partial charge in [-0.15, -0.1) is 0 Å². The molecule has 0 saturated carbocycles. The molecule has 0 aliphatic rings. The van der Waals surface area contributed by atoms with Gasteiger partial charge in [-0.25, -0.2) is 0 Å². The van der Waals surface area contributed by atoms with Crippen LogP contribution in [-0.4, -0.2) is 7.11 Å². The van der Waals surface area contributed by atoms with Crippen LogP contribution in [0.4, 0.5) is 0 Å². The smallest absolute Gasteiger partial charge is 0.125 e. The number of rotatable bonds is 5. The summed E-state index contributed by atoms with van der Waals surface area (Å²) in [7, 11) is 1.60. The first-order valence-electron chi connectivity index (χ1n) is 6.69. The van der Waals surface area contributed by atoms with Crippen LogP contribution in [0.2, 0.25) is 0 Å². The van der Waals surface area contributed by atoms with Crippen LogP contribution in [0.15, 0.2) is 42.5 Å². The summed E-state index contributed by atoms with van der Waals surface area (Å²) in [5, 5.41) is 8.95. The van der Waals surface area contributed by atoms with Crippen molar-refractivity contribution in [2.45, 2.75) is 19.6 Å². The van der Waals surface area contributed by atoms with Crippen molar-refractivity contribution >= 4 is 0 Å². The van der Waals surface area contributed by atoms with Gasteiger partial charge in [0.25, 0.3) is 0 Å². The second-order valence-corrected chi connectivity index (χ2v) is 4.78. The average molecular weight is 282 g/mol. The number of benzene rings is 2. The van der Waals surface area contributed by atoms with Crippen molar-refractivity contribution in [1.29, 1.82) is 5.26 Å². The van der Waals surface area contributed by atoms with Gasteiger partial charge in [0, 0.05) is 11.6 Å². The van der Waals surface area contributed by atoms with Crippen molar-refractivity contribution in [2.75, 3.05) is 7.11 Å². The Labute approximate surface area is 124 Å². The van der Waals surface area contributed by atoms with E-state index < -0.39 is 0 Å². The van der Waals surface area contributed by atoms with Crippen molar-refractivity contribution in [3.05, 3.63) is 59.2 Å². The molecule has 2 aromatic carbocycles. The lowest BCUT2D eigenvalue weighted by Gasteiger charge is -2.11. The zero-order chi connectivity index (χ0) is 15.2. The van der Waals surface area contributed by atoms with E-state index in [2.05, 4.69) is 6.07 Å². The second-order valence-electron chi connectivity index (χ2n) is 4.78. The number of nitriles is 1. The topological polar surface area (TPSA) is 68.3 Å². The van der Waals surface area contributed by atoms with Gasteiger partial charge in [0.1, 0.15) is 18.1 Å². The van der Waals surface area contributed by atoms with Crippen LogP contribution in [0.1, 0.15) is 29.7 Å². The highest BCUT2D eigenvalue weighted by atomic mass is 16.5. The third-order valence-corrected chi connectivity index (χ3v) is 3.21. The van der Waals surface area contributed by atoms with E-state index in [1.165, 1.54) is 0 Å². The van der Waals surface area contributed by atoms with Crippen molar-refractivity contribution in [1.82, 2.24) is 0 Å². The van der Waals surface area contributed by atoms with Gasteiger partial charge >= 0.3 is 0 Å². The molecule has 4 nitrogen and oxygen atoms in total. The summed E-state index contributed by atoms with van der Waals surface area (Å²) in [6.07, 6.45) is 0. The van der Waals surface area contributed by atoms with E-state index in [1.807, 2.05) is 31.2 Å². The standard InChI is InChI=1S/C17H18N2O2/c1-12(19)14-4-6-16(7-5-14)21-11-15-9-13(10-18)3-8-17(15)20-2/h3-9,12H,11,19H2,1-2H3/t12-/m0/s1. The predicted molar refractivity (Wildman–Crippen MR) is 81.1 cm³/mol.